The summed E-state index contributed by atoms with van der Waals surface area (Å²) < 4.78 is 5.26. The summed E-state index contributed by atoms with van der Waals surface area (Å²) in [5.74, 6) is 1.27. The number of para-hydroxylation sites is 1. The molecule has 0 aliphatic carbocycles. The third-order valence-electron chi connectivity index (χ3n) is 4.32. The minimum absolute atomic E-state index is 0.201. The van der Waals surface area contributed by atoms with E-state index in [1.165, 1.54) is 5.56 Å². The Labute approximate surface area is 165 Å². The monoisotopic (exact) mass is 378 g/mol. The van der Waals surface area contributed by atoms with Crippen molar-refractivity contribution in [3.05, 3.63) is 71.5 Å². The molecule has 3 rings (SSSR count). The highest BCUT2D eigenvalue weighted by Crippen LogP contribution is 2.18. The van der Waals surface area contributed by atoms with E-state index in [0.717, 1.165) is 24.3 Å². The lowest BCUT2D eigenvalue weighted by atomic mass is 10.2. The van der Waals surface area contributed by atoms with Crippen molar-refractivity contribution in [2.75, 3.05) is 31.3 Å². The second-order valence-corrected chi connectivity index (χ2v) is 6.56. The van der Waals surface area contributed by atoms with Crippen molar-refractivity contribution in [2.24, 2.45) is 0 Å². The summed E-state index contributed by atoms with van der Waals surface area (Å²) in [5.41, 5.74) is 9.20. The number of hydrogen-bond acceptors (Lipinski definition) is 7. The number of nitrogen functional groups attached to an aromatic ring is 1. The van der Waals surface area contributed by atoms with E-state index in [1.807, 2.05) is 49.4 Å². The second kappa shape index (κ2) is 9.77. The fourth-order valence-electron chi connectivity index (χ4n) is 2.87. The molecule has 3 aromatic rings. The molecule has 0 fully saturated rings. The molecule has 1 aromatic heterocycles. The summed E-state index contributed by atoms with van der Waals surface area (Å²) in [4.78, 5) is 15.3. The molecular formula is C21H26N6O. The van der Waals surface area contributed by atoms with Gasteiger partial charge in [0.05, 0.1) is 13.2 Å². The predicted molar refractivity (Wildman–Crippen MR) is 111 cm³/mol. The second-order valence-electron chi connectivity index (χ2n) is 6.56. The van der Waals surface area contributed by atoms with Gasteiger partial charge >= 0.3 is 0 Å². The maximum Gasteiger partial charge on any atom is 0.232 e. The minimum atomic E-state index is 0.201. The lowest BCUT2D eigenvalue weighted by molar-refractivity contribution is 0.138. The lowest BCUT2D eigenvalue weighted by Crippen LogP contribution is -2.28. The number of hydrogen-bond donors (Lipinski definition) is 2. The maximum absolute atomic E-state index is 5.93. The molecule has 3 N–H and O–H groups in total. The van der Waals surface area contributed by atoms with E-state index < -0.39 is 0 Å². The van der Waals surface area contributed by atoms with Crippen LogP contribution < -0.4 is 11.1 Å². The number of aryl methyl sites for hydroxylation is 1. The quantitative estimate of drug-likeness (QED) is 0.591. The van der Waals surface area contributed by atoms with E-state index in [1.54, 1.807) is 7.11 Å². The first-order chi connectivity index (χ1) is 13.6. The van der Waals surface area contributed by atoms with Gasteiger partial charge in [0.2, 0.25) is 11.9 Å². The Bertz CT molecular complexity index is 887. The van der Waals surface area contributed by atoms with Crippen molar-refractivity contribution >= 4 is 17.6 Å². The number of nitrogens with one attached hydrogen (secondary N) is 1. The highest BCUT2D eigenvalue weighted by atomic mass is 16.5. The molecule has 28 heavy (non-hydrogen) atoms. The van der Waals surface area contributed by atoms with Crippen LogP contribution in [0.15, 0.2) is 54.6 Å². The summed E-state index contributed by atoms with van der Waals surface area (Å²) in [7, 11) is 1.70. The van der Waals surface area contributed by atoms with Crippen LogP contribution in [0.1, 0.15) is 17.0 Å². The van der Waals surface area contributed by atoms with Crippen LogP contribution in [-0.2, 0) is 17.8 Å². The van der Waals surface area contributed by atoms with Gasteiger partial charge in [-0.25, -0.2) is 0 Å². The Morgan fingerprint density at radius 2 is 1.71 bits per heavy atom. The molecule has 2 aromatic carbocycles. The smallest absolute Gasteiger partial charge is 0.232 e. The van der Waals surface area contributed by atoms with E-state index in [4.69, 9.17) is 10.5 Å². The molecule has 7 heteroatoms. The van der Waals surface area contributed by atoms with Crippen LogP contribution in [0.2, 0.25) is 0 Å². The summed E-state index contributed by atoms with van der Waals surface area (Å²) in [6.07, 6.45) is 0. The molecule has 0 unspecified atom stereocenters. The van der Waals surface area contributed by atoms with Gasteiger partial charge in [0.25, 0.3) is 0 Å². The zero-order valence-electron chi connectivity index (χ0n) is 16.3. The summed E-state index contributed by atoms with van der Waals surface area (Å²) in [6.45, 7) is 4.74. The number of nitrogens with two attached hydrogens (primary N) is 1. The van der Waals surface area contributed by atoms with E-state index in [-0.39, 0.29) is 5.95 Å². The summed E-state index contributed by atoms with van der Waals surface area (Å²) in [6, 6.07) is 18.3. The van der Waals surface area contributed by atoms with Crippen LogP contribution in [-0.4, -0.2) is 40.1 Å². The lowest BCUT2D eigenvalue weighted by Gasteiger charge is -2.21. The average molecular weight is 378 g/mol. The van der Waals surface area contributed by atoms with Crippen LogP contribution in [0, 0.1) is 6.92 Å². The fourth-order valence-corrected chi connectivity index (χ4v) is 2.87. The van der Waals surface area contributed by atoms with Gasteiger partial charge in [0.1, 0.15) is 5.82 Å². The molecule has 146 valence electrons. The van der Waals surface area contributed by atoms with E-state index in [2.05, 4.69) is 37.3 Å². The van der Waals surface area contributed by atoms with Crippen molar-refractivity contribution in [1.29, 1.82) is 0 Å². The number of methoxy groups -OCH3 is 1. The first kappa shape index (κ1) is 19.7. The normalized spacial score (nSPS) is 11.0. The molecule has 0 atom stereocenters. The topological polar surface area (TPSA) is 89.2 Å². The fraction of sp³-hybridized carbons (Fsp3) is 0.286. The van der Waals surface area contributed by atoms with Crippen LogP contribution in [0.25, 0.3) is 0 Å². The van der Waals surface area contributed by atoms with Crippen LogP contribution >= 0.6 is 0 Å². The SMILES string of the molecule is COCCN(Cc1ccccc1)Cc1nc(N)nc(Nc2ccccc2C)n1. The molecule has 0 amide bonds. The molecule has 0 radical (unpaired) electrons. The standard InChI is InChI=1S/C21H26N6O/c1-16-8-6-7-11-18(16)23-21-25-19(24-20(22)26-21)15-27(12-13-28-2)14-17-9-4-3-5-10-17/h3-11H,12-15H2,1-2H3,(H3,22,23,24,25,26). The highest BCUT2D eigenvalue weighted by Gasteiger charge is 2.12. The minimum Gasteiger partial charge on any atom is -0.383 e. The van der Waals surface area contributed by atoms with Gasteiger partial charge in [-0.3, -0.25) is 4.90 Å². The van der Waals surface area contributed by atoms with E-state index in [9.17, 15) is 0 Å². The van der Waals surface area contributed by atoms with E-state index in [0.29, 0.717) is 24.9 Å². The first-order valence-corrected chi connectivity index (χ1v) is 9.22. The van der Waals surface area contributed by atoms with Crippen molar-refractivity contribution in [3.8, 4) is 0 Å². The van der Waals surface area contributed by atoms with Crippen molar-refractivity contribution in [2.45, 2.75) is 20.0 Å². The molecule has 7 nitrogen and oxygen atoms in total. The average Bonchev–Trinajstić information content (AvgIpc) is 2.68. The van der Waals surface area contributed by atoms with Crippen molar-refractivity contribution in [1.82, 2.24) is 19.9 Å². The van der Waals surface area contributed by atoms with Crippen LogP contribution in [0.3, 0.4) is 0 Å². The van der Waals surface area contributed by atoms with E-state index >= 15 is 0 Å². The summed E-state index contributed by atoms with van der Waals surface area (Å²) >= 11 is 0. The maximum atomic E-state index is 5.93. The van der Waals surface area contributed by atoms with Gasteiger partial charge in [0, 0.05) is 25.9 Å². The molecule has 0 spiro atoms. The number of rotatable bonds is 9. The van der Waals surface area contributed by atoms with Gasteiger partial charge < -0.3 is 15.8 Å². The molecule has 0 saturated carbocycles. The molecule has 0 aliphatic rings. The van der Waals surface area contributed by atoms with Crippen molar-refractivity contribution < 1.29 is 4.74 Å². The number of nitrogens with zero attached hydrogens (tertiary/aromatic N) is 4. The van der Waals surface area contributed by atoms with Crippen LogP contribution in [0.5, 0.6) is 0 Å². The third-order valence-corrected chi connectivity index (χ3v) is 4.32. The third kappa shape index (κ3) is 5.73. The van der Waals surface area contributed by atoms with Gasteiger partial charge in [0.15, 0.2) is 0 Å². The molecular weight excluding hydrogens is 352 g/mol. The number of benzene rings is 2. The van der Waals surface area contributed by atoms with Crippen LogP contribution in [0.4, 0.5) is 17.6 Å². The Morgan fingerprint density at radius 1 is 0.964 bits per heavy atom. The Hall–Kier alpha value is -3.03. The number of ether oxygens (including phenoxy) is 1. The number of aromatic nitrogens is 3. The zero-order chi connectivity index (χ0) is 19.8. The largest absolute Gasteiger partial charge is 0.383 e. The van der Waals surface area contributed by atoms with Gasteiger partial charge in [-0.15, -0.1) is 0 Å². The highest BCUT2D eigenvalue weighted by molar-refractivity contribution is 5.58. The number of anilines is 3. The zero-order valence-corrected chi connectivity index (χ0v) is 16.3. The predicted octanol–water partition coefficient (Wildman–Crippen LogP) is 3.15. The molecule has 0 aliphatic heterocycles. The molecule has 1 heterocycles. The molecule has 0 saturated heterocycles. The first-order valence-electron chi connectivity index (χ1n) is 9.22. The van der Waals surface area contributed by atoms with Gasteiger partial charge in [-0.2, -0.15) is 15.0 Å². The van der Waals surface area contributed by atoms with Gasteiger partial charge in [-0.05, 0) is 24.1 Å². The Balaban J connectivity index is 1.76. The molecule has 0 bridgehead atoms. The Kier molecular flexibility index (Phi) is 6.89. The van der Waals surface area contributed by atoms with Crippen molar-refractivity contribution in [3.63, 3.8) is 0 Å². The van der Waals surface area contributed by atoms with Gasteiger partial charge in [-0.1, -0.05) is 48.5 Å². The summed E-state index contributed by atoms with van der Waals surface area (Å²) in [5, 5.41) is 3.23. The Morgan fingerprint density at radius 3 is 2.46 bits per heavy atom.